The first kappa shape index (κ1) is 13.4. The number of hydrogen-bond donors (Lipinski definition) is 1. The van der Waals surface area contributed by atoms with Gasteiger partial charge in [-0.1, -0.05) is 20.3 Å². The second-order valence-corrected chi connectivity index (χ2v) is 5.52. The lowest BCUT2D eigenvalue weighted by atomic mass is 9.99. The molecule has 1 N–H and O–H groups in total. The third kappa shape index (κ3) is 2.86. The van der Waals surface area contributed by atoms with E-state index >= 15 is 0 Å². The van der Waals surface area contributed by atoms with Crippen molar-refractivity contribution in [2.75, 3.05) is 24.5 Å². The van der Waals surface area contributed by atoms with Crippen molar-refractivity contribution >= 4 is 5.69 Å². The molecule has 2 heterocycles. The number of nitrogens with zero attached hydrogens (tertiary/aromatic N) is 3. The zero-order valence-corrected chi connectivity index (χ0v) is 12.1. The molecule has 1 saturated heterocycles. The molecule has 0 bridgehead atoms. The molecule has 1 fully saturated rings. The molecule has 0 amide bonds. The average Bonchev–Trinajstić information content (AvgIpc) is 2.57. The molecule has 0 aromatic carbocycles. The van der Waals surface area contributed by atoms with Crippen LogP contribution in [0.2, 0.25) is 0 Å². The van der Waals surface area contributed by atoms with Gasteiger partial charge in [-0.2, -0.15) is 5.10 Å². The van der Waals surface area contributed by atoms with Gasteiger partial charge in [-0.15, -0.1) is 0 Å². The Labute approximate surface area is 110 Å². The Morgan fingerprint density at radius 3 is 2.94 bits per heavy atom. The lowest BCUT2D eigenvalue weighted by Crippen LogP contribution is -2.42. The number of nitrogens with one attached hydrogen (secondary N) is 1. The third-order valence-electron chi connectivity index (χ3n) is 4.09. The SMILES string of the molecule is CCC(C)C1CN(c2cn(C)nc2C)CCCN1. The number of aromatic nitrogens is 2. The lowest BCUT2D eigenvalue weighted by Gasteiger charge is -2.29. The summed E-state index contributed by atoms with van der Waals surface area (Å²) < 4.78 is 1.92. The van der Waals surface area contributed by atoms with Crippen LogP contribution in [0.15, 0.2) is 6.20 Å². The summed E-state index contributed by atoms with van der Waals surface area (Å²) in [5, 5.41) is 8.15. The Bertz CT molecular complexity index is 385. The molecule has 0 saturated carbocycles. The van der Waals surface area contributed by atoms with Gasteiger partial charge in [0.25, 0.3) is 0 Å². The fourth-order valence-electron chi connectivity index (χ4n) is 2.73. The Balaban J connectivity index is 2.14. The maximum Gasteiger partial charge on any atom is 0.0827 e. The quantitative estimate of drug-likeness (QED) is 0.890. The van der Waals surface area contributed by atoms with Crippen molar-refractivity contribution in [3.63, 3.8) is 0 Å². The number of anilines is 1. The molecule has 1 aliphatic heterocycles. The van der Waals surface area contributed by atoms with E-state index in [0.29, 0.717) is 6.04 Å². The third-order valence-corrected chi connectivity index (χ3v) is 4.09. The van der Waals surface area contributed by atoms with Crippen molar-refractivity contribution in [2.24, 2.45) is 13.0 Å². The zero-order valence-electron chi connectivity index (χ0n) is 12.1. The van der Waals surface area contributed by atoms with Crippen LogP contribution in [0.1, 0.15) is 32.4 Å². The van der Waals surface area contributed by atoms with Crippen LogP contribution in [-0.4, -0.2) is 35.5 Å². The monoisotopic (exact) mass is 250 g/mol. The van der Waals surface area contributed by atoms with Crippen molar-refractivity contribution in [1.82, 2.24) is 15.1 Å². The van der Waals surface area contributed by atoms with Crippen molar-refractivity contribution < 1.29 is 0 Å². The van der Waals surface area contributed by atoms with Gasteiger partial charge in [0, 0.05) is 32.4 Å². The molecule has 0 radical (unpaired) electrons. The van der Waals surface area contributed by atoms with E-state index < -0.39 is 0 Å². The van der Waals surface area contributed by atoms with Crippen molar-refractivity contribution in [2.45, 2.75) is 39.7 Å². The summed E-state index contributed by atoms with van der Waals surface area (Å²) in [6.45, 7) is 10.1. The fourth-order valence-corrected chi connectivity index (χ4v) is 2.73. The van der Waals surface area contributed by atoms with Gasteiger partial charge in [-0.05, 0) is 25.8 Å². The van der Waals surface area contributed by atoms with Gasteiger partial charge in [0.1, 0.15) is 0 Å². The van der Waals surface area contributed by atoms with E-state index in [0.717, 1.165) is 31.2 Å². The molecule has 0 spiro atoms. The summed E-state index contributed by atoms with van der Waals surface area (Å²) in [5.41, 5.74) is 2.44. The van der Waals surface area contributed by atoms with Gasteiger partial charge in [0.05, 0.1) is 11.4 Å². The first-order valence-electron chi connectivity index (χ1n) is 7.10. The molecule has 4 nitrogen and oxygen atoms in total. The van der Waals surface area contributed by atoms with E-state index in [2.05, 4.69) is 42.3 Å². The number of hydrogen-bond acceptors (Lipinski definition) is 3. The fraction of sp³-hybridized carbons (Fsp3) is 0.786. The average molecular weight is 250 g/mol. The molecule has 18 heavy (non-hydrogen) atoms. The summed E-state index contributed by atoms with van der Waals surface area (Å²) in [7, 11) is 2.00. The minimum Gasteiger partial charge on any atom is -0.367 e. The molecule has 0 aliphatic carbocycles. The second kappa shape index (κ2) is 5.74. The van der Waals surface area contributed by atoms with E-state index in [4.69, 9.17) is 0 Å². The molecule has 1 aliphatic rings. The molecule has 2 rings (SSSR count). The predicted molar refractivity (Wildman–Crippen MR) is 76.0 cm³/mol. The lowest BCUT2D eigenvalue weighted by molar-refractivity contribution is 0.384. The second-order valence-electron chi connectivity index (χ2n) is 5.52. The van der Waals surface area contributed by atoms with Gasteiger partial charge in [0.2, 0.25) is 0 Å². The topological polar surface area (TPSA) is 33.1 Å². The van der Waals surface area contributed by atoms with Gasteiger partial charge >= 0.3 is 0 Å². The number of rotatable bonds is 3. The first-order chi connectivity index (χ1) is 8.61. The minimum atomic E-state index is 0.595. The van der Waals surface area contributed by atoms with Crippen LogP contribution in [0.3, 0.4) is 0 Å². The van der Waals surface area contributed by atoms with Crippen LogP contribution >= 0.6 is 0 Å². The predicted octanol–water partition coefficient (Wildman–Crippen LogP) is 1.94. The molecule has 1 aromatic heterocycles. The van der Waals surface area contributed by atoms with Gasteiger partial charge in [-0.3, -0.25) is 4.68 Å². The Hall–Kier alpha value is -1.03. The summed E-state index contributed by atoms with van der Waals surface area (Å²) >= 11 is 0. The van der Waals surface area contributed by atoms with E-state index in [9.17, 15) is 0 Å². The van der Waals surface area contributed by atoms with Crippen LogP contribution in [0.4, 0.5) is 5.69 Å². The van der Waals surface area contributed by atoms with Crippen molar-refractivity contribution in [1.29, 1.82) is 0 Å². The highest BCUT2D eigenvalue weighted by atomic mass is 15.3. The van der Waals surface area contributed by atoms with Crippen molar-refractivity contribution in [3.05, 3.63) is 11.9 Å². The Kier molecular flexibility index (Phi) is 4.27. The van der Waals surface area contributed by atoms with E-state index in [-0.39, 0.29) is 0 Å². The normalized spacial score (nSPS) is 22.9. The van der Waals surface area contributed by atoms with Crippen LogP contribution < -0.4 is 10.2 Å². The standard InChI is InChI=1S/C14H26N4/c1-5-11(2)13-9-18(8-6-7-15-13)14-10-17(4)16-12(14)3/h10-11,13,15H,5-9H2,1-4H3. The summed E-state index contributed by atoms with van der Waals surface area (Å²) in [5.74, 6) is 0.725. The highest BCUT2D eigenvalue weighted by molar-refractivity contribution is 5.49. The van der Waals surface area contributed by atoms with Gasteiger partial charge in [-0.25, -0.2) is 0 Å². The smallest absolute Gasteiger partial charge is 0.0827 e. The van der Waals surface area contributed by atoms with Crippen molar-refractivity contribution in [3.8, 4) is 0 Å². The maximum atomic E-state index is 4.46. The van der Waals surface area contributed by atoms with E-state index in [1.54, 1.807) is 0 Å². The minimum absolute atomic E-state index is 0.595. The molecular weight excluding hydrogens is 224 g/mol. The Morgan fingerprint density at radius 1 is 1.56 bits per heavy atom. The van der Waals surface area contributed by atoms with Crippen LogP contribution in [0, 0.1) is 12.8 Å². The number of aryl methyl sites for hydroxylation is 2. The Morgan fingerprint density at radius 2 is 2.33 bits per heavy atom. The summed E-state index contributed by atoms with van der Waals surface area (Å²) in [6.07, 6.45) is 4.59. The summed E-state index contributed by atoms with van der Waals surface area (Å²) in [4.78, 5) is 2.50. The van der Waals surface area contributed by atoms with E-state index in [1.807, 2.05) is 11.7 Å². The van der Waals surface area contributed by atoms with E-state index in [1.165, 1.54) is 18.5 Å². The van der Waals surface area contributed by atoms with Crippen LogP contribution in [0.5, 0.6) is 0 Å². The molecule has 1 aromatic rings. The zero-order chi connectivity index (χ0) is 13.1. The largest absolute Gasteiger partial charge is 0.367 e. The maximum absolute atomic E-state index is 4.46. The molecule has 2 atom stereocenters. The highest BCUT2D eigenvalue weighted by Crippen LogP contribution is 2.22. The molecule has 102 valence electrons. The highest BCUT2D eigenvalue weighted by Gasteiger charge is 2.23. The molecule has 4 heteroatoms. The molecule has 2 unspecified atom stereocenters. The first-order valence-corrected chi connectivity index (χ1v) is 7.10. The summed E-state index contributed by atoms with van der Waals surface area (Å²) in [6, 6.07) is 0.595. The van der Waals surface area contributed by atoms with Gasteiger partial charge < -0.3 is 10.2 Å². The van der Waals surface area contributed by atoms with Gasteiger partial charge in [0.15, 0.2) is 0 Å². The molecular formula is C14H26N4. The van der Waals surface area contributed by atoms with Crippen LogP contribution in [0.25, 0.3) is 0 Å². The van der Waals surface area contributed by atoms with Crippen LogP contribution in [-0.2, 0) is 7.05 Å².